The Kier molecular flexibility index (Phi) is 6.09. The van der Waals surface area contributed by atoms with Gasteiger partial charge in [0.15, 0.2) is 16.8 Å². The molecule has 2 heterocycles. The van der Waals surface area contributed by atoms with E-state index in [1.165, 1.54) is 11.8 Å². The number of nitrogens with two attached hydrogens (primary N) is 1. The highest BCUT2D eigenvalue weighted by Crippen LogP contribution is 2.28. The van der Waals surface area contributed by atoms with Crippen LogP contribution in [0, 0.1) is 6.92 Å². The largest absolute Gasteiger partial charge is 0.369 e. The van der Waals surface area contributed by atoms with Crippen LogP contribution >= 0.6 is 11.8 Å². The summed E-state index contributed by atoms with van der Waals surface area (Å²) in [4.78, 5) is 20.0. The third kappa shape index (κ3) is 4.69. The first-order valence-electron chi connectivity index (χ1n) is 10.8. The molecule has 0 spiro atoms. The van der Waals surface area contributed by atoms with Crippen LogP contribution in [0.25, 0.3) is 22.2 Å². The van der Waals surface area contributed by atoms with Gasteiger partial charge >= 0.3 is 0 Å². The van der Waals surface area contributed by atoms with E-state index in [-0.39, 0.29) is 6.42 Å². The van der Waals surface area contributed by atoms with Crippen molar-refractivity contribution in [2.24, 2.45) is 5.73 Å². The summed E-state index contributed by atoms with van der Waals surface area (Å²) < 4.78 is 5.43. The molecule has 2 aromatic heterocycles. The SMILES string of the molecule is Cc1cccc(-c2nnc(SCc3noc(CC(C(N)=O)c4cccc5ccccc45)n3)[nH]2)c1. The van der Waals surface area contributed by atoms with Crippen molar-refractivity contribution in [2.75, 3.05) is 0 Å². The molecule has 9 heteroatoms. The monoisotopic (exact) mass is 470 g/mol. The third-order valence-electron chi connectivity index (χ3n) is 5.53. The van der Waals surface area contributed by atoms with Gasteiger partial charge in [-0.05, 0) is 29.3 Å². The normalized spacial score (nSPS) is 12.1. The van der Waals surface area contributed by atoms with Crippen LogP contribution in [-0.2, 0) is 17.0 Å². The van der Waals surface area contributed by atoms with Crippen molar-refractivity contribution in [2.45, 2.75) is 30.2 Å². The Bertz CT molecular complexity index is 1460. The lowest BCUT2D eigenvalue weighted by molar-refractivity contribution is -0.119. The van der Waals surface area contributed by atoms with Crippen molar-refractivity contribution in [3.8, 4) is 11.4 Å². The van der Waals surface area contributed by atoms with Crippen LogP contribution < -0.4 is 5.73 Å². The summed E-state index contributed by atoms with van der Waals surface area (Å²) in [6.07, 6.45) is 0.237. The molecule has 0 bridgehead atoms. The van der Waals surface area contributed by atoms with Gasteiger partial charge in [-0.15, -0.1) is 10.2 Å². The fourth-order valence-electron chi connectivity index (χ4n) is 3.89. The molecular formula is C25H22N6O2S. The minimum atomic E-state index is -0.571. The number of hydrogen-bond donors (Lipinski definition) is 2. The van der Waals surface area contributed by atoms with Gasteiger partial charge in [0, 0.05) is 12.0 Å². The summed E-state index contributed by atoms with van der Waals surface area (Å²) in [6, 6.07) is 21.8. The number of aromatic amines is 1. The lowest BCUT2D eigenvalue weighted by atomic mass is 9.90. The molecular weight excluding hydrogens is 448 g/mol. The number of carbonyl (C=O) groups excluding carboxylic acids is 1. The Labute approximate surface area is 200 Å². The second kappa shape index (κ2) is 9.48. The van der Waals surface area contributed by atoms with Crippen LogP contribution in [0.5, 0.6) is 0 Å². The number of nitrogens with one attached hydrogen (secondary N) is 1. The Morgan fingerprint density at radius 1 is 1.09 bits per heavy atom. The van der Waals surface area contributed by atoms with E-state index in [4.69, 9.17) is 10.3 Å². The number of hydrogen-bond acceptors (Lipinski definition) is 7. The molecule has 3 N–H and O–H groups in total. The molecule has 0 saturated heterocycles. The highest BCUT2D eigenvalue weighted by atomic mass is 32.2. The summed E-state index contributed by atoms with van der Waals surface area (Å²) >= 11 is 1.42. The maximum absolute atomic E-state index is 12.3. The average molecular weight is 471 g/mol. The number of aryl methyl sites for hydroxylation is 1. The molecule has 8 nitrogen and oxygen atoms in total. The molecule has 3 aromatic carbocycles. The first kappa shape index (κ1) is 21.8. The molecule has 0 saturated carbocycles. The summed E-state index contributed by atoms with van der Waals surface area (Å²) in [5.41, 5.74) is 8.74. The lowest BCUT2D eigenvalue weighted by Crippen LogP contribution is -2.23. The quantitative estimate of drug-likeness (QED) is 0.322. The molecule has 1 atom stereocenters. The van der Waals surface area contributed by atoms with E-state index in [2.05, 4.69) is 25.3 Å². The zero-order valence-electron chi connectivity index (χ0n) is 18.4. The Hall–Kier alpha value is -3.98. The summed E-state index contributed by atoms with van der Waals surface area (Å²) in [5, 5.41) is 15.2. The smallest absolute Gasteiger partial charge is 0.227 e. The zero-order chi connectivity index (χ0) is 23.5. The van der Waals surface area contributed by atoms with Gasteiger partial charge in [-0.1, -0.05) is 83.1 Å². The Balaban J connectivity index is 1.28. The first-order chi connectivity index (χ1) is 16.6. The molecule has 1 unspecified atom stereocenters. The molecule has 34 heavy (non-hydrogen) atoms. The van der Waals surface area contributed by atoms with Gasteiger partial charge in [-0.2, -0.15) is 4.98 Å². The molecule has 1 amide bonds. The van der Waals surface area contributed by atoms with Gasteiger partial charge in [0.05, 0.1) is 11.7 Å². The van der Waals surface area contributed by atoms with Crippen LogP contribution in [-0.4, -0.2) is 31.2 Å². The van der Waals surface area contributed by atoms with Crippen molar-refractivity contribution < 1.29 is 9.32 Å². The van der Waals surface area contributed by atoms with Crippen LogP contribution in [0.15, 0.2) is 76.4 Å². The lowest BCUT2D eigenvalue weighted by Gasteiger charge is -2.14. The minimum absolute atomic E-state index is 0.237. The number of rotatable bonds is 8. The van der Waals surface area contributed by atoms with Gasteiger partial charge in [0.1, 0.15) is 0 Å². The summed E-state index contributed by atoms with van der Waals surface area (Å²) in [6.45, 7) is 2.03. The molecule has 0 aliphatic heterocycles. The molecule has 0 aliphatic carbocycles. The van der Waals surface area contributed by atoms with E-state index in [1.807, 2.05) is 73.7 Å². The van der Waals surface area contributed by atoms with E-state index >= 15 is 0 Å². The predicted molar refractivity (Wildman–Crippen MR) is 130 cm³/mol. The second-order valence-corrected chi connectivity index (χ2v) is 8.93. The standard InChI is InChI=1S/C25H22N6O2S/c1-15-6-4-9-17(12-15)24-28-25(30-29-24)34-14-21-27-22(33-31-21)13-20(23(26)32)19-11-5-8-16-7-2-3-10-18(16)19/h2-12,20H,13-14H2,1H3,(H2,26,32)(H,28,29,30). The van der Waals surface area contributed by atoms with Gasteiger partial charge in [-0.25, -0.2) is 0 Å². The van der Waals surface area contributed by atoms with E-state index in [1.54, 1.807) is 0 Å². The average Bonchev–Trinajstić information content (AvgIpc) is 3.50. The molecule has 170 valence electrons. The van der Waals surface area contributed by atoms with E-state index in [0.29, 0.717) is 28.4 Å². The second-order valence-electron chi connectivity index (χ2n) is 7.97. The number of primary amides is 1. The van der Waals surface area contributed by atoms with Crippen LogP contribution in [0.1, 0.15) is 28.8 Å². The molecule has 0 fully saturated rings. The van der Waals surface area contributed by atoms with Crippen molar-refractivity contribution >= 4 is 28.4 Å². The zero-order valence-corrected chi connectivity index (χ0v) is 19.2. The molecule has 5 aromatic rings. The maximum atomic E-state index is 12.3. The number of benzene rings is 3. The number of thioether (sulfide) groups is 1. The van der Waals surface area contributed by atoms with Gasteiger partial charge < -0.3 is 15.2 Å². The number of fused-ring (bicyclic) bond motifs is 1. The number of carbonyl (C=O) groups is 1. The highest BCUT2D eigenvalue weighted by molar-refractivity contribution is 7.98. The van der Waals surface area contributed by atoms with Gasteiger partial charge in [0.25, 0.3) is 0 Å². The van der Waals surface area contributed by atoms with Crippen molar-refractivity contribution in [3.05, 3.63) is 89.6 Å². The summed E-state index contributed by atoms with van der Waals surface area (Å²) in [7, 11) is 0. The maximum Gasteiger partial charge on any atom is 0.227 e. The van der Waals surface area contributed by atoms with E-state index in [9.17, 15) is 4.79 Å². The number of amides is 1. The van der Waals surface area contributed by atoms with Gasteiger partial charge in [0.2, 0.25) is 11.8 Å². The van der Waals surface area contributed by atoms with Crippen LogP contribution in [0.2, 0.25) is 0 Å². The molecule has 0 aliphatic rings. The first-order valence-corrected chi connectivity index (χ1v) is 11.8. The number of nitrogens with zero attached hydrogens (tertiary/aromatic N) is 4. The van der Waals surface area contributed by atoms with Crippen LogP contribution in [0.3, 0.4) is 0 Å². The van der Waals surface area contributed by atoms with Crippen molar-refractivity contribution in [3.63, 3.8) is 0 Å². The van der Waals surface area contributed by atoms with Crippen molar-refractivity contribution in [1.29, 1.82) is 0 Å². The topological polar surface area (TPSA) is 124 Å². The van der Waals surface area contributed by atoms with E-state index < -0.39 is 11.8 Å². The van der Waals surface area contributed by atoms with Crippen molar-refractivity contribution in [1.82, 2.24) is 25.3 Å². The number of H-pyrrole nitrogens is 1. The van der Waals surface area contributed by atoms with Crippen LogP contribution in [0.4, 0.5) is 0 Å². The Morgan fingerprint density at radius 2 is 1.91 bits per heavy atom. The third-order valence-corrected chi connectivity index (χ3v) is 6.39. The minimum Gasteiger partial charge on any atom is -0.369 e. The molecule has 0 radical (unpaired) electrons. The van der Waals surface area contributed by atoms with Gasteiger partial charge in [-0.3, -0.25) is 4.79 Å². The predicted octanol–water partition coefficient (Wildman–Crippen LogP) is 4.42. The summed E-state index contributed by atoms with van der Waals surface area (Å²) in [5.74, 6) is 1.02. The number of aromatic nitrogens is 5. The molecule has 5 rings (SSSR count). The van der Waals surface area contributed by atoms with E-state index in [0.717, 1.165) is 27.5 Å². The fraction of sp³-hybridized carbons (Fsp3) is 0.160. The Morgan fingerprint density at radius 3 is 2.76 bits per heavy atom. The highest BCUT2D eigenvalue weighted by Gasteiger charge is 2.23. The fourth-order valence-corrected chi connectivity index (χ4v) is 4.54.